The SMILES string of the molecule is Cc1n(CCCOC(=O)[C@](O)(c2ccccc2)[C@@H]2CCCC(F)(F)C2)cc[n+]1CC(C)C. The van der Waals surface area contributed by atoms with Crippen molar-refractivity contribution in [3.8, 4) is 0 Å². The molecule has 0 radical (unpaired) electrons. The van der Waals surface area contributed by atoms with E-state index in [2.05, 4.69) is 23.0 Å². The van der Waals surface area contributed by atoms with Crippen LogP contribution in [0.15, 0.2) is 42.7 Å². The Morgan fingerprint density at radius 3 is 2.72 bits per heavy atom. The van der Waals surface area contributed by atoms with Crippen molar-refractivity contribution in [3.63, 3.8) is 0 Å². The lowest BCUT2D eigenvalue weighted by atomic mass is 9.72. The van der Waals surface area contributed by atoms with E-state index in [0.717, 1.165) is 12.4 Å². The molecule has 7 heteroatoms. The van der Waals surface area contributed by atoms with Crippen molar-refractivity contribution in [2.24, 2.45) is 11.8 Å². The third-order valence-corrected chi connectivity index (χ3v) is 6.35. The maximum absolute atomic E-state index is 14.1. The second kappa shape index (κ2) is 10.1. The summed E-state index contributed by atoms with van der Waals surface area (Å²) in [6.45, 7) is 8.09. The predicted octanol–water partition coefficient (Wildman–Crippen LogP) is 4.39. The molecule has 0 bridgehead atoms. The summed E-state index contributed by atoms with van der Waals surface area (Å²) in [6, 6.07) is 8.34. The Balaban J connectivity index is 1.65. The number of halogens is 2. The number of aliphatic hydroxyl groups is 1. The summed E-state index contributed by atoms with van der Waals surface area (Å²) in [5.41, 5.74) is -1.77. The summed E-state index contributed by atoms with van der Waals surface area (Å²) in [5.74, 6) is -2.95. The summed E-state index contributed by atoms with van der Waals surface area (Å²) in [4.78, 5) is 13.1. The Bertz CT molecular complexity index is 898. The number of benzene rings is 1. The van der Waals surface area contributed by atoms with E-state index in [4.69, 9.17) is 4.74 Å². The third kappa shape index (κ3) is 5.55. The minimum Gasteiger partial charge on any atom is -0.463 e. The highest BCUT2D eigenvalue weighted by molar-refractivity contribution is 5.81. The van der Waals surface area contributed by atoms with E-state index in [9.17, 15) is 18.7 Å². The molecule has 0 unspecified atom stereocenters. The van der Waals surface area contributed by atoms with Gasteiger partial charge in [-0.25, -0.2) is 22.7 Å². The first kappa shape index (κ1) is 24.4. The van der Waals surface area contributed by atoms with E-state index in [1.165, 1.54) is 0 Å². The summed E-state index contributed by atoms with van der Waals surface area (Å²) in [6.07, 6.45) is 4.50. The van der Waals surface area contributed by atoms with Gasteiger partial charge in [0.15, 0.2) is 5.60 Å². The van der Waals surface area contributed by atoms with Crippen molar-refractivity contribution in [1.82, 2.24) is 4.57 Å². The number of aryl methyl sites for hydroxylation is 1. The third-order valence-electron chi connectivity index (χ3n) is 6.35. The first-order chi connectivity index (χ1) is 15.1. The highest BCUT2D eigenvalue weighted by atomic mass is 19.3. The van der Waals surface area contributed by atoms with Gasteiger partial charge in [0.1, 0.15) is 12.4 Å². The molecule has 2 aromatic rings. The molecule has 0 aliphatic heterocycles. The Morgan fingerprint density at radius 1 is 1.34 bits per heavy atom. The summed E-state index contributed by atoms with van der Waals surface area (Å²) >= 11 is 0. The van der Waals surface area contributed by atoms with Crippen molar-refractivity contribution in [2.45, 2.75) is 77.5 Å². The predicted molar refractivity (Wildman–Crippen MR) is 117 cm³/mol. The van der Waals surface area contributed by atoms with Crippen LogP contribution in [-0.4, -0.2) is 28.2 Å². The molecule has 2 atom stereocenters. The van der Waals surface area contributed by atoms with Crippen LogP contribution in [0.3, 0.4) is 0 Å². The van der Waals surface area contributed by atoms with E-state index in [0.29, 0.717) is 30.9 Å². The molecule has 3 rings (SSSR count). The van der Waals surface area contributed by atoms with Crippen molar-refractivity contribution in [1.29, 1.82) is 0 Å². The molecular weight excluding hydrogens is 414 g/mol. The molecule has 1 fully saturated rings. The van der Waals surface area contributed by atoms with Gasteiger partial charge in [0.05, 0.1) is 19.7 Å². The summed E-state index contributed by atoms with van der Waals surface area (Å²) in [5, 5.41) is 11.4. The van der Waals surface area contributed by atoms with Crippen LogP contribution in [0.2, 0.25) is 0 Å². The lowest BCUT2D eigenvalue weighted by molar-refractivity contribution is -0.707. The molecule has 0 spiro atoms. The van der Waals surface area contributed by atoms with Crippen molar-refractivity contribution >= 4 is 5.97 Å². The molecule has 0 amide bonds. The Hall–Kier alpha value is -2.28. The molecule has 1 aliphatic carbocycles. The number of imidazole rings is 1. The highest BCUT2D eigenvalue weighted by Gasteiger charge is 2.52. The van der Waals surface area contributed by atoms with Gasteiger partial charge in [-0.3, -0.25) is 0 Å². The Morgan fingerprint density at radius 2 is 2.06 bits per heavy atom. The fourth-order valence-corrected chi connectivity index (χ4v) is 4.61. The molecular formula is C25H35F2N2O3+. The molecule has 1 aliphatic rings. The number of aromatic nitrogens is 2. The zero-order valence-electron chi connectivity index (χ0n) is 19.3. The zero-order valence-corrected chi connectivity index (χ0v) is 19.3. The molecule has 1 saturated carbocycles. The van der Waals surface area contributed by atoms with Crippen LogP contribution in [0.4, 0.5) is 8.78 Å². The quantitative estimate of drug-likeness (QED) is 0.351. The van der Waals surface area contributed by atoms with Gasteiger partial charge < -0.3 is 9.84 Å². The number of carbonyl (C=O) groups excluding carboxylic acids is 1. The molecule has 0 saturated heterocycles. The Kier molecular flexibility index (Phi) is 7.70. The van der Waals surface area contributed by atoms with E-state index in [1.807, 2.05) is 19.3 Å². The van der Waals surface area contributed by atoms with Crippen molar-refractivity contribution in [2.75, 3.05) is 6.61 Å². The summed E-state index contributed by atoms with van der Waals surface area (Å²) < 4.78 is 38.0. The van der Waals surface area contributed by atoms with Gasteiger partial charge in [0.2, 0.25) is 5.92 Å². The van der Waals surface area contributed by atoms with Gasteiger partial charge >= 0.3 is 5.97 Å². The van der Waals surface area contributed by atoms with Crippen LogP contribution < -0.4 is 4.57 Å². The fourth-order valence-electron chi connectivity index (χ4n) is 4.61. The molecule has 176 valence electrons. The lowest BCUT2D eigenvalue weighted by Crippen LogP contribution is -2.48. The number of alkyl halides is 2. The van der Waals surface area contributed by atoms with Gasteiger partial charge in [0, 0.05) is 32.1 Å². The highest BCUT2D eigenvalue weighted by Crippen LogP contribution is 2.45. The van der Waals surface area contributed by atoms with Gasteiger partial charge in [-0.15, -0.1) is 0 Å². The smallest absolute Gasteiger partial charge is 0.343 e. The normalized spacial score (nSPS) is 20.2. The summed E-state index contributed by atoms with van der Waals surface area (Å²) in [7, 11) is 0. The monoisotopic (exact) mass is 449 g/mol. The number of carbonyl (C=O) groups is 1. The van der Waals surface area contributed by atoms with Gasteiger partial charge in [0.25, 0.3) is 5.82 Å². The number of hydrogen-bond acceptors (Lipinski definition) is 3. The first-order valence-corrected chi connectivity index (χ1v) is 11.5. The van der Waals surface area contributed by atoms with E-state index < -0.39 is 29.8 Å². The van der Waals surface area contributed by atoms with Crippen LogP contribution in [-0.2, 0) is 28.2 Å². The average Bonchev–Trinajstić information content (AvgIpc) is 3.09. The molecule has 32 heavy (non-hydrogen) atoms. The second-order valence-corrected chi connectivity index (χ2v) is 9.36. The fraction of sp³-hybridized carbons (Fsp3) is 0.600. The number of hydrogen-bond donors (Lipinski definition) is 1. The van der Waals surface area contributed by atoms with Crippen molar-refractivity contribution < 1.29 is 28.0 Å². The molecule has 5 nitrogen and oxygen atoms in total. The Labute approximate surface area is 189 Å². The maximum Gasteiger partial charge on any atom is 0.343 e. The van der Waals surface area contributed by atoms with Crippen LogP contribution in [0.1, 0.15) is 57.3 Å². The molecule has 1 N–H and O–H groups in total. The molecule has 1 aromatic heterocycles. The molecule has 1 aromatic carbocycles. The van der Waals surface area contributed by atoms with E-state index in [-0.39, 0.29) is 19.4 Å². The molecule has 1 heterocycles. The number of nitrogens with zero attached hydrogens (tertiary/aromatic N) is 2. The van der Waals surface area contributed by atoms with Gasteiger partial charge in [-0.2, -0.15) is 0 Å². The van der Waals surface area contributed by atoms with Crippen LogP contribution in [0.25, 0.3) is 0 Å². The zero-order chi connectivity index (χ0) is 23.4. The van der Waals surface area contributed by atoms with Crippen LogP contribution >= 0.6 is 0 Å². The topological polar surface area (TPSA) is 55.3 Å². The number of esters is 1. The minimum atomic E-state index is -2.89. The van der Waals surface area contributed by atoms with E-state index >= 15 is 0 Å². The lowest BCUT2D eigenvalue weighted by Gasteiger charge is -2.39. The maximum atomic E-state index is 14.1. The van der Waals surface area contributed by atoms with Gasteiger partial charge in [-0.1, -0.05) is 44.2 Å². The average molecular weight is 450 g/mol. The first-order valence-electron chi connectivity index (χ1n) is 11.5. The standard InChI is InChI=1S/C25H35F2N2O3/c1-19(2)18-29-15-14-28(20(29)3)13-8-16-32-23(30)25(31,21-9-5-4-6-10-21)22-11-7-12-24(26,27)17-22/h4-6,9-10,14-15,19,22,31H,7-8,11-13,16-18H2,1-3H3/q+1/t22-,25+/m1/s1. The largest absolute Gasteiger partial charge is 0.463 e. The number of ether oxygens (including phenoxy) is 1. The minimum absolute atomic E-state index is 0.110. The number of rotatable bonds is 9. The van der Waals surface area contributed by atoms with E-state index in [1.54, 1.807) is 30.3 Å². The second-order valence-electron chi connectivity index (χ2n) is 9.36. The van der Waals surface area contributed by atoms with Gasteiger partial charge in [-0.05, 0) is 24.3 Å². The van der Waals surface area contributed by atoms with Crippen LogP contribution in [0, 0.1) is 18.8 Å². The van der Waals surface area contributed by atoms with Crippen molar-refractivity contribution in [3.05, 3.63) is 54.1 Å². The van der Waals surface area contributed by atoms with Crippen LogP contribution in [0.5, 0.6) is 0 Å².